The van der Waals surface area contributed by atoms with Gasteiger partial charge >= 0.3 is 0 Å². The predicted molar refractivity (Wildman–Crippen MR) is 114 cm³/mol. The van der Waals surface area contributed by atoms with Crippen molar-refractivity contribution in [2.24, 2.45) is 0 Å². The number of thioether (sulfide) groups is 2. The molecular formula is C22H18N2OS2. The van der Waals surface area contributed by atoms with Gasteiger partial charge in [0.25, 0.3) is 0 Å². The fraction of sp³-hybridized carbons (Fsp3) is 0.0909. The van der Waals surface area contributed by atoms with Crippen LogP contribution in [0.25, 0.3) is 34.0 Å². The van der Waals surface area contributed by atoms with Gasteiger partial charge in [-0.2, -0.15) is 0 Å². The largest absolute Gasteiger partial charge is 0.416 e. The van der Waals surface area contributed by atoms with E-state index in [-0.39, 0.29) is 0 Å². The van der Waals surface area contributed by atoms with E-state index in [0.29, 0.717) is 11.8 Å². The first kappa shape index (κ1) is 17.9. The molecule has 4 aromatic rings. The van der Waals surface area contributed by atoms with Gasteiger partial charge in [-0.15, -0.1) is 33.7 Å². The van der Waals surface area contributed by atoms with Crippen molar-refractivity contribution in [3.8, 4) is 34.0 Å². The van der Waals surface area contributed by atoms with Crippen LogP contribution >= 0.6 is 23.5 Å². The van der Waals surface area contributed by atoms with E-state index in [1.165, 1.54) is 20.9 Å². The molecule has 1 heterocycles. The van der Waals surface area contributed by atoms with E-state index in [0.717, 1.165) is 11.1 Å². The van der Waals surface area contributed by atoms with Crippen molar-refractivity contribution in [2.75, 3.05) is 12.5 Å². The van der Waals surface area contributed by atoms with Gasteiger partial charge in [0.05, 0.1) is 0 Å². The summed E-state index contributed by atoms with van der Waals surface area (Å²) in [6.45, 7) is 0. The predicted octanol–water partition coefficient (Wildman–Crippen LogP) is 6.51. The van der Waals surface area contributed by atoms with Crippen LogP contribution in [-0.4, -0.2) is 22.7 Å². The normalized spacial score (nSPS) is 10.9. The van der Waals surface area contributed by atoms with Crippen molar-refractivity contribution in [1.82, 2.24) is 10.2 Å². The van der Waals surface area contributed by atoms with Gasteiger partial charge in [0.2, 0.25) is 11.8 Å². The van der Waals surface area contributed by atoms with Gasteiger partial charge in [-0.05, 0) is 72.2 Å². The standard InChI is InChI=1S/C22H18N2OS2/c1-26-19-11-7-16(8-12-19)15-3-5-17(6-4-15)21-23-24-22(25-21)18-9-13-20(27-2)14-10-18/h3-14H,1-2H3. The molecule has 1 aromatic heterocycles. The summed E-state index contributed by atoms with van der Waals surface area (Å²) in [6, 6.07) is 24.9. The van der Waals surface area contributed by atoms with Gasteiger partial charge in [-0.1, -0.05) is 24.3 Å². The maximum absolute atomic E-state index is 5.87. The average Bonchev–Trinajstić information content (AvgIpc) is 3.24. The van der Waals surface area contributed by atoms with E-state index in [1.54, 1.807) is 23.5 Å². The third kappa shape index (κ3) is 3.94. The van der Waals surface area contributed by atoms with Crippen molar-refractivity contribution >= 4 is 23.5 Å². The van der Waals surface area contributed by atoms with Gasteiger partial charge in [-0.25, -0.2) is 0 Å². The van der Waals surface area contributed by atoms with E-state index in [9.17, 15) is 0 Å². The molecule has 27 heavy (non-hydrogen) atoms. The number of nitrogens with zero attached hydrogens (tertiary/aromatic N) is 2. The summed E-state index contributed by atoms with van der Waals surface area (Å²) in [5.41, 5.74) is 4.20. The van der Waals surface area contributed by atoms with Crippen LogP contribution < -0.4 is 0 Å². The fourth-order valence-electron chi connectivity index (χ4n) is 2.78. The zero-order valence-corrected chi connectivity index (χ0v) is 16.7. The third-order valence-corrected chi connectivity index (χ3v) is 5.80. The molecule has 3 aromatic carbocycles. The SMILES string of the molecule is CSc1ccc(-c2ccc(-c3nnc(-c4ccc(SC)cc4)o3)cc2)cc1. The third-order valence-electron chi connectivity index (χ3n) is 4.32. The topological polar surface area (TPSA) is 38.9 Å². The summed E-state index contributed by atoms with van der Waals surface area (Å²) in [7, 11) is 0. The van der Waals surface area contributed by atoms with Crippen LogP contribution in [0.2, 0.25) is 0 Å². The maximum atomic E-state index is 5.87. The first-order chi connectivity index (χ1) is 13.3. The van der Waals surface area contributed by atoms with Crippen LogP contribution in [0, 0.1) is 0 Å². The quantitative estimate of drug-likeness (QED) is 0.363. The molecule has 0 aliphatic rings. The van der Waals surface area contributed by atoms with Crippen LogP contribution in [0.3, 0.4) is 0 Å². The Morgan fingerprint density at radius 2 is 0.852 bits per heavy atom. The van der Waals surface area contributed by atoms with Crippen molar-refractivity contribution in [1.29, 1.82) is 0 Å². The summed E-state index contributed by atoms with van der Waals surface area (Å²) >= 11 is 3.45. The molecule has 0 fully saturated rings. The lowest BCUT2D eigenvalue weighted by atomic mass is 10.0. The fourth-order valence-corrected chi connectivity index (χ4v) is 3.60. The molecule has 0 aliphatic heterocycles. The highest BCUT2D eigenvalue weighted by Gasteiger charge is 2.11. The van der Waals surface area contributed by atoms with Gasteiger partial charge in [0.15, 0.2) is 0 Å². The Balaban J connectivity index is 1.56. The lowest BCUT2D eigenvalue weighted by Gasteiger charge is -2.04. The minimum atomic E-state index is 0.531. The molecule has 0 bridgehead atoms. The molecule has 0 atom stereocenters. The second-order valence-corrected chi connectivity index (χ2v) is 7.71. The second-order valence-electron chi connectivity index (χ2n) is 5.95. The highest BCUT2D eigenvalue weighted by molar-refractivity contribution is 7.98. The molecule has 3 nitrogen and oxygen atoms in total. The first-order valence-electron chi connectivity index (χ1n) is 8.49. The Morgan fingerprint density at radius 3 is 1.26 bits per heavy atom. The molecule has 0 unspecified atom stereocenters. The lowest BCUT2D eigenvalue weighted by Crippen LogP contribution is -1.81. The van der Waals surface area contributed by atoms with E-state index in [4.69, 9.17) is 4.42 Å². The molecule has 0 aliphatic carbocycles. The molecule has 0 saturated heterocycles. The molecular weight excluding hydrogens is 372 g/mol. The van der Waals surface area contributed by atoms with Crippen molar-refractivity contribution in [3.63, 3.8) is 0 Å². The number of hydrogen-bond acceptors (Lipinski definition) is 5. The van der Waals surface area contributed by atoms with Crippen LogP contribution in [0.5, 0.6) is 0 Å². The monoisotopic (exact) mass is 390 g/mol. The molecule has 4 rings (SSSR count). The van der Waals surface area contributed by atoms with E-state index in [2.05, 4.69) is 71.2 Å². The molecule has 5 heteroatoms. The smallest absolute Gasteiger partial charge is 0.248 e. The minimum absolute atomic E-state index is 0.531. The number of benzene rings is 3. The number of hydrogen-bond donors (Lipinski definition) is 0. The van der Waals surface area contributed by atoms with E-state index < -0.39 is 0 Å². The molecule has 0 N–H and O–H groups in total. The second kappa shape index (κ2) is 8.03. The number of aromatic nitrogens is 2. The van der Waals surface area contributed by atoms with Crippen LogP contribution in [0.1, 0.15) is 0 Å². The zero-order chi connectivity index (χ0) is 18.6. The number of rotatable bonds is 5. The van der Waals surface area contributed by atoms with Gasteiger partial charge in [-0.3, -0.25) is 0 Å². The lowest BCUT2D eigenvalue weighted by molar-refractivity contribution is 0.584. The van der Waals surface area contributed by atoms with Crippen molar-refractivity contribution < 1.29 is 4.42 Å². The molecule has 0 spiro atoms. The molecule has 134 valence electrons. The molecule has 0 amide bonds. The van der Waals surface area contributed by atoms with E-state index in [1.807, 2.05) is 24.3 Å². The van der Waals surface area contributed by atoms with Crippen LogP contribution in [0.4, 0.5) is 0 Å². The summed E-state index contributed by atoms with van der Waals surface area (Å²) in [5, 5.41) is 8.40. The molecule has 0 saturated carbocycles. The first-order valence-corrected chi connectivity index (χ1v) is 10.9. The van der Waals surface area contributed by atoms with Gasteiger partial charge in [0, 0.05) is 20.9 Å². The summed E-state index contributed by atoms with van der Waals surface area (Å²) in [6.07, 6.45) is 4.14. The summed E-state index contributed by atoms with van der Waals surface area (Å²) < 4.78 is 5.87. The van der Waals surface area contributed by atoms with Crippen molar-refractivity contribution in [3.05, 3.63) is 72.8 Å². The maximum Gasteiger partial charge on any atom is 0.248 e. The summed E-state index contributed by atoms with van der Waals surface area (Å²) in [5.74, 6) is 1.07. The average molecular weight is 391 g/mol. The Morgan fingerprint density at radius 1 is 0.519 bits per heavy atom. The minimum Gasteiger partial charge on any atom is -0.416 e. The Hall–Kier alpha value is -2.50. The Bertz CT molecular complexity index is 1020. The van der Waals surface area contributed by atoms with Gasteiger partial charge in [0.1, 0.15) is 0 Å². The Kier molecular flexibility index (Phi) is 5.32. The van der Waals surface area contributed by atoms with Crippen molar-refractivity contribution in [2.45, 2.75) is 9.79 Å². The van der Waals surface area contributed by atoms with Crippen LogP contribution in [-0.2, 0) is 0 Å². The summed E-state index contributed by atoms with van der Waals surface area (Å²) in [4.78, 5) is 2.47. The highest BCUT2D eigenvalue weighted by Crippen LogP contribution is 2.28. The van der Waals surface area contributed by atoms with Crippen LogP contribution in [0.15, 0.2) is 87.0 Å². The highest BCUT2D eigenvalue weighted by atomic mass is 32.2. The van der Waals surface area contributed by atoms with Gasteiger partial charge < -0.3 is 4.42 Å². The zero-order valence-electron chi connectivity index (χ0n) is 15.0. The van der Waals surface area contributed by atoms with E-state index >= 15 is 0 Å². The Labute approximate surface area is 167 Å². The molecule has 0 radical (unpaired) electrons.